The van der Waals surface area contributed by atoms with Crippen LogP contribution in [0.5, 0.6) is 0 Å². The number of methoxy groups -OCH3 is 1. The van der Waals surface area contributed by atoms with Crippen molar-refractivity contribution in [1.82, 2.24) is 19.6 Å². The van der Waals surface area contributed by atoms with E-state index >= 15 is 0 Å². The number of fused-ring (bicyclic) bond motifs is 1. The van der Waals surface area contributed by atoms with E-state index in [1.54, 1.807) is 41.2 Å². The summed E-state index contributed by atoms with van der Waals surface area (Å²) in [6.07, 6.45) is 3.39. The minimum atomic E-state index is -0.407. The molecule has 3 aromatic carbocycles. The normalized spacial score (nSPS) is 10.8. The van der Waals surface area contributed by atoms with Crippen LogP contribution in [0.15, 0.2) is 79.1 Å². The van der Waals surface area contributed by atoms with Gasteiger partial charge in [0.15, 0.2) is 17.3 Å². The first-order chi connectivity index (χ1) is 19.4. The molecule has 0 unspecified atom stereocenters. The fraction of sp³-hybridized carbons (Fsp3) is 0.167. The van der Waals surface area contributed by atoms with Gasteiger partial charge in [-0.3, -0.25) is 4.79 Å². The Morgan fingerprint density at radius 1 is 1.00 bits per heavy atom. The maximum atomic E-state index is 13.0. The maximum Gasteiger partial charge on any atom is 0.337 e. The Balaban J connectivity index is 1.43. The topological polar surface area (TPSA) is 114 Å². The predicted molar refractivity (Wildman–Crippen MR) is 155 cm³/mol. The van der Waals surface area contributed by atoms with E-state index in [-0.39, 0.29) is 5.91 Å². The van der Waals surface area contributed by atoms with Crippen molar-refractivity contribution in [2.75, 3.05) is 36.2 Å². The first kappa shape index (κ1) is 26.4. The molecular formula is C30H29N7O3. The van der Waals surface area contributed by atoms with Crippen molar-refractivity contribution in [3.63, 3.8) is 0 Å². The van der Waals surface area contributed by atoms with E-state index in [1.807, 2.05) is 56.4 Å². The van der Waals surface area contributed by atoms with E-state index in [1.165, 1.54) is 7.11 Å². The van der Waals surface area contributed by atoms with Crippen LogP contribution in [0, 0.1) is 6.92 Å². The van der Waals surface area contributed by atoms with Gasteiger partial charge in [-0.05, 0) is 74.0 Å². The first-order valence-corrected chi connectivity index (χ1v) is 12.8. The lowest BCUT2D eigenvalue weighted by Gasteiger charge is -2.17. The number of ether oxygens (including phenoxy) is 1. The third-order valence-corrected chi connectivity index (χ3v) is 6.69. The van der Waals surface area contributed by atoms with Crippen LogP contribution >= 0.6 is 0 Å². The van der Waals surface area contributed by atoms with Crippen molar-refractivity contribution in [2.45, 2.75) is 13.8 Å². The minimum Gasteiger partial charge on any atom is -0.465 e. The van der Waals surface area contributed by atoms with E-state index in [0.717, 1.165) is 29.0 Å². The zero-order chi connectivity index (χ0) is 28.2. The number of nitrogens with zero attached hydrogens (tertiary/aromatic N) is 5. The zero-order valence-electron chi connectivity index (χ0n) is 22.7. The van der Waals surface area contributed by atoms with E-state index in [9.17, 15) is 9.59 Å². The minimum absolute atomic E-state index is 0.199. The van der Waals surface area contributed by atoms with Crippen molar-refractivity contribution in [1.29, 1.82) is 0 Å². The second kappa shape index (κ2) is 11.2. The van der Waals surface area contributed by atoms with Gasteiger partial charge < -0.3 is 20.3 Å². The third-order valence-electron chi connectivity index (χ3n) is 6.69. The van der Waals surface area contributed by atoms with Crippen LogP contribution in [0.4, 0.5) is 22.9 Å². The summed E-state index contributed by atoms with van der Waals surface area (Å²) in [7, 11) is 3.35. The number of imidazole rings is 1. The number of hydrogen-bond donors (Lipinski definition) is 2. The molecule has 0 saturated heterocycles. The van der Waals surface area contributed by atoms with E-state index in [0.29, 0.717) is 34.1 Å². The van der Waals surface area contributed by atoms with Gasteiger partial charge in [-0.15, -0.1) is 5.10 Å². The summed E-state index contributed by atoms with van der Waals surface area (Å²) in [6, 6.07) is 20.0. The molecule has 0 fully saturated rings. The molecule has 2 heterocycles. The van der Waals surface area contributed by atoms with Gasteiger partial charge in [0.2, 0.25) is 0 Å². The first-order valence-electron chi connectivity index (χ1n) is 12.8. The molecule has 0 radical (unpaired) electrons. The summed E-state index contributed by atoms with van der Waals surface area (Å²) >= 11 is 0. The van der Waals surface area contributed by atoms with Crippen LogP contribution in [0.3, 0.4) is 0 Å². The highest BCUT2D eigenvalue weighted by atomic mass is 16.5. The van der Waals surface area contributed by atoms with Crippen molar-refractivity contribution < 1.29 is 14.3 Å². The highest BCUT2D eigenvalue weighted by Crippen LogP contribution is 2.29. The van der Waals surface area contributed by atoms with Crippen LogP contribution in [0.2, 0.25) is 0 Å². The Labute approximate surface area is 231 Å². The van der Waals surface area contributed by atoms with Crippen molar-refractivity contribution in [2.24, 2.45) is 0 Å². The molecule has 0 atom stereocenters. The summed E-state index contributed by atoms with van der Waals surface area (Å²) in [6.45, 7) is 4.88. The lowest BCUT2D eigenvalue weighted by atomic mass is 10.1. The zero-order valence-corrected chi connectivity index (χ0v) is 22.7. The summed E-state index contributed by atoms with van der Waals surface area (Å²) < 4.78 is 6.42. The number of anilines is 4. The average Bonchev–Trinajstić information content (AvgIpc) is 3.47. The molecule has 5 rings (SSSR count). The molecule has 2 N–H and O–H groups in total. The fourth-order valence-electron chi connectivity index (χ4n) is 4.23. The smallest absolute Gasteiger partial charge is 0.337 e. The largest absolute Gasteiger partial charge is 0.465 e. The van der Waals surface area contributed by atoms with Gasteiger partial charge in [-0.2, -0.15) is 0 Å². The summed E-state index contributed by atoms with van der Waals surface area (Å²) in [5.41, 5.74) is 5.58. The number of amides is 1. The number of esters is 1. The predicted octanol–water partition coefficient (Wildman–Crippen LogP) is 5.34. The maximum absolute atomic E-state index is 13.0. The van der Waals surface area contributed by atoms with Crippen LogP contribution in [-0.4, -0.2) is 52.2 Å². The van der Waals surface area contributed by atoms with Crippen molar-refractivity contribution in [3.8, 4) is 11.4 Å². The highest BCUT2D eigenvalue weighted by molar-refractivity contribution is 6.05. The Kier molecular flexibility index (Phi) is 7.41. The molecule has 5 aromatic rings. The SMILES string of the molecule is CCN(C)c1ccc(C(=O)Nc2cccc(-c3nc(Nc4ccc(C(=O)OC)cc4)c4nccn4n3)c2C)cc1. The van der Waals surface area contributed by atoms with Crippen molar-refractivity contribution in [3.05, 3.63) is 95.8 Å². The number of benzene rings is 3. The molecule has 10 heteroatoms. The molecule has 40 heavy (non-hydrogen) atoms. The average molecular weight is 536 g/mol. The summed E-state index contributed by atoms with van der Waals surface area (Å²) in [5, 5.41) is 11.0. The molecule has 0 aliphatic carbocycles. The molecule has 0 spiro atoms. The van der Waals surface area contributed by atoms with E-state index in [2.05, 4.69) is 32.5 Å². The number of aromatic nitrogens is 4. The fourth-order valence-corrected chi connectivity index (χ4v) is 4.23. The molecule has 0 saturated carbocycles. The van der Waals surface area contributed by atoms with Gasteiger partial charge in [0, 0.05) is 54.2 Å². The second-order valence-corrected chi connectivity index (χ2v) is 9.17. The van der Waals surface area contributed by atoms with Crippen molar-refractivity contribution >= 4 is 40.4 Å². The van der Waals surface area contributed by atoms with Gasteiger partial charge >= 0.3 is 5.97 Å². The molecule has 0 aliphatic heterocycles. The number of carbonyl (C=O) groups excluding carboxylic acids is 2. The number of carbonyl (C=O) groups is 2. The lowest BCUT2D eigenvalue weighted by molar-refractivity contribution is 0.0600. The van der Waals surface area contributed by atoms with E-state index in [4.69, 9.17) is 9.72 Å². The second-order valence-electron chi connectivity index (χ2n) is 9.17. The molecule has 0 bridgehead atoms. The Morgan fingerprint density at radius 3 is 2.42 bits per heavy atom. The highest BCUT2D eigenvalue weighted by Gasteiger charge is 2.16. The Hall–Kier alpha value is -5.25. The molecule has 202 valence electrons. The molecule has 10 nitrogen and oxygen atoms in total. The Morgan fingerprint density at radius 2 is 1.73 bits per heavy atom. The quantitative estimate of drug-likeness (QED) is 0.256. The number of hydrogen-bond acceptors (Lipinski definition) is 8. The standard InChI is InChI=1S/C30H29N7O3/c1-5-36(3)23-15-11-20(12-16-23)29(38)33-25-8-6-7-24(19(25)2)26-34-27(28-31-17-18-37(28)35-26)32-22-13-9-21(10-14-22)30(39)40-4/h6-18H,5H2,1-4H3,(H,33,38)(H,32,34,35). The van der Waals surface area contributed by atoms with Crippen LogP contribution in [-0.2, 0) is 4.74 Å². The number of nitrogens with one attached hydrogen (secondary N) is 2. The Bertz CT molecular complexity index is 1680. The van der Waals surface area contributed by atoms with Gasteiger partial charge in [-0.25, -0.2) is 19.3 Å². The number of rotatable bonds is 8. The molecule has 1 amide bonds. The molecule has 0 aliphatic rings. The van der Waals surface area contributed by atoms with Crippen LogP contribution in [0.25, 0.3) is 17.0 Å². The van der Waals surface area contributed by atoms with E-state index < -0.39 is 5.97 Å². The van der Waals surface area contributed by atoms with Gasteiger partial charge in [0.1, 0.15) is 0 Å². The summed E-state index contributed by atoms with van der Waals surface area (Å²) in [4.78, 5) is 36.1. The summed E-state index contributed by atoms with van der Waals surface area (Å²) in [5.74, 6) is 0.344. The van der Waals surface area contributed by atoms with Gasteiger partial charge in [-0.1, -0.05) is 12.1 Å². The molecular weight excluding hydrogens is 506 g/mol. The van der Waals surface area contributed by atoms with Gasteiger partial charge in [0.05, 0.1) is 12.7 Å². The van der Waals surface area contributed by atoms with Crippen LogP contribution < -0.4 is 15.5 Å². The molecule has 2 aromatic heterocycles. The van der Waals surface area contributed by atoms with Crippen LogP contribution in [0.1, 0.15) is 33.2 Å². The lowest BCUT2D eigenvalue weighted by Crippen LogP contribution is -2.16. The third kappa shape index (κ3) is 5.32. The van der Waals surface area contributed by atoms with Gasteiger partial charge in [0.25, 0.3) is 5.91 Å². The monoisotopic (exact) mass is 535 g/mol.